The van der Waals surface area contributed by atoms with Crippen molar-refractivity contribution in [2.75, 3.05) is 6.26 Å². The van der Waals surface area contributed by atoms with E-state index in [1.165, 1.54) is 10.5 Å². The lowest BCUT2D eigenvalue weighted by atomic mass is 10.1. The molecule has 0 saturated heterocycles. The molecule has 3 nitrogen and oxygen atoms in total. The van der Waals surface area contributed by atoms with Gasteiger partial charge in [-0.15, -0.1) is 24.2 Å². The number of nitrogens with two attached hydrogens (primary N) is 1. The number of halogens is 1. The van der Waals surface area contributed by atoms with Crippen LogP contribution < -0.4 is 11.1 Å². The smallest absolute Gasteiger partial charge is 0.236 e. The van der Waals surface area contributed by atoms with Gasteiger partial charge in [-0.2, -0.15) is 0 Å². The van der Waals surface area contributed by atoms with E-state index < -0.39 is 6.04 Å². The van der Waals surface area contributed by atoms with Crippen molar-refractivity contribution in [3.63, 3.8) is 0 Å². The number of amides is 1. The molecule has 0 aliphatic heterocycles. The fourth-order valence-electron chi connectivity index (χ4n) is 1.34. The molecular formula is C12H19ClN2OS. The number of hydrogen-bond acceptors (Lipinski definition) is 3. The molecular weight excluding hydrogens is 256 g/mol. The molecule has 0 aliphatic rings. The van der Waals surface area contributed by atoms with Crippen molar-refractivity contribution >= 4 is 30.1 Å². The highest BCUT2D eigenvalue weighted by molar-refractivity contribution is 7.98. The highest BCUT2D eigenvalue weighted by Gasteiger charge is 2.08. The number of carbonyl (C=O) groups excluding carboxylic acids is 1. The topological polar surface area (TPSA) is 55.1 Å². The molecule has 0 spiro atoms. The largest absolute Gasteiger partial charge is 0.351 e. The third kappa shape index (κ3) is 4.98. The van der Waals surface area contributed by atoms with Crippen LogP contribution in [0.4, 0.5) is 0 Å². The molecule has 1 amide bonds. The Bertz CT molecular complexity index is 383. The summed E-state index contributed by atoms with van der Waals surface area (Å²) in [7, 11) is 0. The molecule has 0 fully saturated rings. The number of hydrogen-bond donors (Lipinski definition) is 2. The molecule has 1 aromatic rings. The second-order valence-electron chi connectivity index (χ2n) is 3.82. The third-order valence-electron chi connectivity index (χ3n) is 2.31. The summed E-state index contributed by atoms with van der Waals surface area (Å²) < 4.78 is 0. The Hall–Kier alpha value is -0.710. The predicted octanol–water partition coefficient (Wildman–Crippen LogP) is 2.10. The summed E-state index contributed by atoms with van der Waals surface area (Å²) in [5.74, 6) is -0.118. The predicted molar refractivity (Wildman–Crippen MR) is 75.7 cm³/mol. The maximum atomic E-state index is 11.3. The first kappa shape index (κ1) is 16.3. The van der Waals surface area contributed by atoms with E-state index in [2.05, 4.69) is 18.3 Å². The molecule has 5 heteroatoms. The summed E-state index contributed by atoms with van der Waals surface area (Å²) in [5.41, 5.74) is 7.84. The van der Waals surface area contributed by atoms with Crippen LogP contribution in [0, 0.1) is 6.92 Å². The third-order valence-corrected chi connectivity index (χ3v) is 3.13. The van der Waals surface area contributed by atoms with E-state index in [4.69, 9.17) is 5.73 Å². The van der Waals surface area contributed by atoms with Gasteiger partial charge in [-0.1, -0.05) is 12.1 Å². The molecule has 1 aromatic carbocycles. The number of rotatable bonds is 4. The van der Waals surface area contributed by atoms with Crippen LogP contribution in [0.5, 0.6) is 0 Å². The minimum Gasteiger partial charge on any atom is -0.351 e. The van der Waals surface area contributed by atoms with Gasteiger partial charge in [0.2, 0.25) is 5.91 Å². The van der Waals surface area contributed by atoms with Gasteiger partial charge in [-0.05, 0) is 37.3 Å². The molecule has 0 saturated carbocycles. The quantitative estimate of drug-likeness (QED) is 0.827. The van der Waals surface area contributed by atoms with Crippen molar-refractivity contribution in [2.24, 2.45) is 5.73 Å². The Morgan fingerprint density at radius 2 is 2.18 bits per heavy atom. The van der Waals surface area contributed by atoms with Crippen LogP contribution in [0.1, 0.15) is 18.1 Å². The van der Waals surface area contributed by atoms with Gasteiger partial charge in [0.15, 0.2) is 0 Å². The molecule has 1 atom stereocenters. The lowest BCUT2D eigenvalue weighted by Gasteiger charge is -2.11. The van der Waals surface area contributed by atoms with Crippen LogP contribution in [-0.2, 0) is 11.3 Å². The number of thioether (sulfide) groups is 1. The normalized spacial score (nSPS) is 11.5. The number of carbonyl (C=O) groups is 1. The van der Waals surface area contributed by atoms with Gasteiger partial charge in [0.25, 0.3) is 0 Å². The van der Waals surface area contributed by atoms with Gasteiger partial charge in [0.05, 0.1) is 6.04 Å². The first-order valence-corrected chi connectivity index (χ1v) is 6.44. The molecule has 3 N–H and O–H groups in total. The first-order valence-electron chi connectivity index (χ1n) is 5.21. The lowest BCUT2D eigenvalue weighted by Crippen LogP contribution is -2.37. The van der Waals surface area contributed by atoms with Crippen LogP contribution in [0.15, 0.2) is 23.1 Å². The molecule has 0 bridgehead atoms. The highest BCUT2D eigenvalue weighted by Crippen LogP contribution is 2.21. The molecule has 1 rings (SSSR count). The number of nitrogens with one attached hydrogen (secondary N) is 1. The number of aryl methyl sites for hydroxylation is 1. The molecule has 17 heavy (non-hydrogen) atoms. The van der Waals surface area contributed by atoms with Gasteiger partial charge in [-0.3, -0.25) is 4.79 Å². The zero-order valence-corrected chi connectivity index (χ0v) is 12.0. The fraction of sp³-hybridized carbons (Fsp3) is 0.417. The van der Waals surface area contributed by atoms with Crippen LogP contribution in [0.2, 0.25) is 0 Å². The number of benzene rings is 1. The summed E-state index contributed by atoms with van der Waals surface area (Å²) in [6.45, 7) is 4.28. The van der Waals surface area contributed by atoms with E-state index in [9.17, 15) is 4.79 Å². The second kappa shape index (κ2) is 7.58. The molecule has 0 aromatic heterocycles. The van der Waals surface area contributed by atoms with Crippen molar-refractivity contribution in [1.29, 1.82) is 0 Å². The maximum Gasteiger partial charge on any atom is 0.236 e. The first-order chi connectivity index (χ1) is 7.54. The van der Waals surface area contributed by atoms with Gasteiger partial charge < -0.3 is 11.1 Å². The van der Waals surface area contributed by atoms with Crippen molar-refractivity contribution < 1.29 is 4.79 Å². The SMILES string of the molecule is CSc1cc(C)ccc1CNC(=O)[C@H](C)N.Cl. The minimum absolute atomic E-state index is 0. The molecule has 0 radical (unpaired) electrons. The Labute approximate surface area is 113 Å². The zero-order valence-electron chi connectivity index (χ0n) is 10.3. The van der Waals surface area contributed by atoms with Gasteiger partial charge in [0.1, 0.15) is 0 Å². The fourth-order valence-corrected chi connectivity index (χ4v) is 2.05. The summed E-state index contributed by atoms with van der Waals surface area (Å²) in [6.07, 6.45) is 2.03. The van der Waals surface area contributed by atoms with Gasteiger partial charge in [0, 0.05) is 11.4 Å². The zero-order chi connectivity index (χ0) is 12.1. The Balaban J connectivity index is 0.00000256. The van der Waals surface area contributed by atoms with Crippen LogP contribution in [-0.4, -0.2) is 18.2 Å². The van der Waals surface area contributed by atoms with Crippen LogP contribution in [0.3, 0.4) is 0 Å². The summed E-state index contributed by atoms with van der Waals surface area (Å²) in [6, 6.07) is 5.76. The molecule has 0 aliphatic carbocycles. The van der Waals surface area contributed by atoms with E-state index >= 15 is 0 Å². The minimum atomic E-state index is -0.455. The van der Waals surface area contributed by atoms with Crippen LogP contribution >= 0.6 is 24.2 Å². The molecule has 96 valence electrons. The van der Waals surface area contributed by atoms with E-state index in [1.807, 2.05) is 18.4 Å². The highest BCUT2D eigenvalue weighted by atomic mass is 35.5. The summed E-state index contributed by atoms with van der Waals surface area (Å²) in [5, 5.41) is 2.82. The van der Waals surface area contributed by atoms with E-state index in [1.54, 1.807) is 18.7 Å². The second-order valence-corrected chi connectivity index (χ2v) is 4.67. The van der Waals surface area contributed by atoms with E-state index in [0.29, 0.717) is 6.54 Å². The Morgan fingerprint density at radius 1 is 1.53 bits per heavy atom. The molecule has 0 heterocycles. The van der Waals surface area contributed by atoms with Crippen molar-refractivity contribution in [3.8, 4) is 0 Å². The summed E-state index contributed by atoms with van der Waals surface area (Å²) in [4.78, 5) is 12.5. The van der Waals surface area contributed by atoms with Crippen molar-refractivity contribution in [3.05, 3.63) is 29.3 Å². The maximum absolute atomic E-state index is 11.3. The van der Waals surface area contributed by atoms with Crippen LogP contribution in [0.25, 0.3) is 0 Å². The average Bonchev–Trinajstić information content (AvgIpc) is 2.26. The monoisotopic (exact) mass is 274 g/mol. The molecule has 0 unspecified atom stereocenters. The lowest BCUT2D eigenvalue weighted by molar-refractivity contribution is -0.122. The Kier molecular flexibility index (Phi) is 7.27. The Morgan fingerprint density at radius 3 is 2.71 bits per heavy atom. The van der Waals surface area contributed by atoms with E-state index in [-0.39, 0.29) is 18.3 Å². The average molecular weight is 275 g/mol. The summed E-state index contributed by atoms with van der Waals surface area (Å²) >= 11 is 1.69. The van der Waals surface area contributed by atoms with Gasteiger partial charge >= 0.3 is 0 Å². The van der Waals surface area contributed by atoms with E-state index in [0.717, 1.165) is 5.56 Å². The van der Waals surface area contributed by atoms with Crippen molar-refractivity contribution in [1.82, 2.24) is 5.32 Å². The standard InChI is InChI=1S/C12H18N2OS.ClH/c1-8-4-5-10(11(6-8)16-3)7-14-12(15)9(2)13;/h4-6,9H,7,13H2,1-3H3,(H,14,15);1H/t9-;/m0./s1. The van der Waals surface area contributed by atoms with Crippen molar-refractivity contribution in [2.45, 2.75) is 31.3 Å². The van der Waals surface area contributed by atoms with Gasteiger partial charge in [-0.25, -0.2) is 0 Å².